The van der Waals surface area contributed by atoms with E-state index in [4.69, 9.17) is 0 Å². The molecule has 4 rings (SSSR count). The fraction of sp³-hybridized carbons (Fsp3) is 0. The van der Waals surface area contributed by atoms with E-state index in [1.807, 2.05) is 48.5 Å². The molecule has 0 bridgehead atoms. The van der Waals surface area contributed by atoms with Gasteiger partial charge in [0.15, 0.2) is 0 Å². The fourth-order valence-corrected chi connectivity index (χ4v) is 8.03. The van der Waals surface area contributed by atoms with E-state index in [1.165, 1.54) is 9.79 Å². The zero-order valence-corrected chi connectivity index (χ0v) is 17.0. The maximum atomic E-state index is 9.61. The van der Waals surface area contributed by atoms with Gasteiger partial charge in [0.2, 0.25) is 0 Å². The number of nitrogens with one attached hydrogen (secondary N) is 1. The quantitative estimate of drug-likeness (QED) is 0.356. The van der Waals surface area contributed by atoms with Crippen molar-refractivity contribution in [2.75, 3.05) is 0 Å². The predicted molar refractivity (Wildman–Crippen MR) is 122 cm³/mol. The third-order valence-corrected chi connectivity index (χ3v) is 9.47. The molecule has 0 saturated carbocycles. The average molecular weight is 400 g/mol. The Hall–Kier alpha value is -2.84. The van der Waals surface area contributed by atoms with Crippen LogP contribution in [-0.2, 0) is 9.41 Å². The van der Waals surface area contributed by atoms with Gasteiger partial charge in [0.25, 0.3) is 0 Å². The summed E-state index contributed by atoms with van der Waals surface area (Å²) in [5, 5.41) is 0. The molecular formula is C25H21NS2. The molecule has 0 aliphatic carbocycles. The SMILES string of the molecule is N=S(=C=S(c1ccccc1)c1ccccc1)(c1ccccc1)c1ccccc1. The van der Waals surface area contributed by atoms with E-state index in [0.29, 0.717) is 0 Å². The van der Waals surface area contributed by atoms with E-state index in [9.17, 15) is 4.78 Å². The molecule has 0 spiro atoms. The summed E-state index contributed by atoms with van der Waals surface area (Å²) in [6.07, 6.45) is 0. The first-order valence-electron chi connectivity index (χ1n) is 9.07. The monoisotopic (exact) mass is 399 g/mol. The van der Waals surface area contributed by atoms with Crippen LogP contribution in [0.3, 0.4) is 0 Å². The molecule has 0 aliphatic rings. The number of hydrogen-bond donors (Lipinski definition) is 1. The van der Waals surface area contributed by atoms with Crippen molar-refractivity contribution in [1.82, 2.24) is 0 Å². The van der Waals surface area contributed by atoms with Crippen molar-refractivity contribution < 1.29 is 0 Å². The summed E-state index contributed by atoms with van der Waals surface area (Å²) in [5.41, 5.74) is 0. The Labute approximate surface area is 169 Å². The highest BCUT2D eigenvalue weighted by atomic mass is 32.2. The smallest absolute Gasteiger partial charge is 0.0239 e. The van der Waals surface area contributed by atoms with Gasteiger partial charge in [-0.3, -0.25) is 4.78 Å². The summed E-state index contributed by atoms with van der Waals surface area (Å²) in [6, 6.07) is 41.1. The molecule has 0 amide bonds. The average Bonchev–Trinajstić information content (AvgIpc) is 2.80. The fourth-order valence-electron chi connectivity index (χ4n) is 2.95. The Bertz CT molecular complexity index is 1120. The van der Waals surface area contributed by atoms with Gasteiger partial charge in [-0.05, 0) is 62.3 Å². The van der Waals surface area contributed by atoms with Crippen molar-refractivity contribution in [2.45, 2.75) is 19.6 Å². The summed E-state index contributed by atoms with van der Waals surface area (Å²) in [4.78, 5) is 4.38. The van der Waals surface area contributed by atoms with Crippen LogP contribution in [0.2, 0.25) is 0 Å². The lowest BCUT2D eigenvalue weighted by Gasteiger charge is -2.15. The van der Waals surface area contributed by atoms with Crippen LogP contribution in [0.4, 0.5) is 0 Å². The summed E-state index contributed by atoms with van der Waals surface area (Å²) < 4.78 is 13.4. The Balaban J connectivity index is 2.15. The van der Waals surface area contributed by atoms with Crippen LogP contribution in [0.1, 0.15) is 0 Å². The standard InChI is InChI=1S/C25H21NS2/c26-28(24-17-9-3-10-18-24,25-19-11-4-12-20-25)21-27(22-13-5-1-6-14-22)23-15-7-2-8-16-23/h1-20,26H. The molecule has 3 heteroatoms. The van der Waals surface area contributed by atoms with Gasteiger partial charge in [-0.1, -0.05) is 83.3 Å². The van der Waals surface area contributed by atoms with E-state index in [-0.39, 0.29) is 0 Å². The number of benzene rings is 4. The van der Waals surface area contributed by atoms with Crippen LogP contribution >= 0.6 is 10.5 Å². The minimum absolute atomic E-state index is 0.422. The van der Waals surface area contributed by atoms with Crippen LogP contribution in [0.5, 0.6) is 0 Å². The molecule has 0 aliphatic heterocycles. The van der Waals surface area contributed by atoms with E-state index >= 15 is 0 Å². The molecule has 0 aromatic heterocycles. The van der Waals surface area contributed by atoms with Gasteiger partial charge in [-0.25, -0.2) is 0 Å². The van der Waals surface area contributed by atoms with E-state index in [1.54, 1.807) is 0 Å². The van der Waals surface area contributed by atoms with E-state index in [2.05, 4.69) is 77.1 Å². The van der Waals surface area contributed by atoms with E-state index in [0.717, 1.165) is 9.79 Å². The molecule has 0 fully saturated rings. The van der Waals surface area contributed by atoms with Crippen molar-refractivity contribution in [2.24, 2.45) is 0 Å². The van der Waals surface area contributed by atoms with Crippen molar-refractivity contribution in [1.29, 1.82) is 4.78 Å². The molecule has 0 heterocycles. The Morgan fingerprint density at radius 1 is 0.500 bits per heavy atom. The predicted octanol–water partition coefficient (Wildman–Crippen LogP) is 7.04. The first kappa shape index (κ1) is 18.5. The van der Waals surface area contributed by atoms with Gasteiger partial charge < -0.3 is 0 Å². The highest BCUT2D eigenvalue weighted by Crippen LogP contribution is 2.36. The molecule has 4 aromatic rings. The highest BCUT2D eigenvalue weighted by molar-refractivity contribution is 8.23. The van der Waals surface area contributed by atoms with Gasteiger partial charge in [0.05, 0.1) is 0 Å². The zero-order chi connectivity index (χ0) is 19.2. The van der Waals surface area contributed by atoms with Gasteiger partial charge in [-0.15, -0.1) is 0 Å². The topological polar surface area (TPSA) is 23.9 Å². The van der Waals surface area contributed by atoms with Crippen molar-refractivity contribution in [3.05, 3.63) is 121 Å². The summed E-state index contributed by atoms with van der Waals surface area (Å²) in [6.45, 7) is 0. The molecule has 28 heavy (non-hydrogen) atoms. The first-order chi connectivity index (χ1) is 13.8. The maximum Gasteiger partial charge on any atom is 0.0239 e. The molecule has 0 unspecified atom stereocenters. The second kappa shape index (κ2) is 8.45. The molecule has 1 nitrogen and oxygen atoms in total. The third-order valence-electron chi connectivity index (χ3n) is 4.36. The number of rotatable bonds is 4. The Morgan fingerprint density at radius 2 is 0.821 bits per heavy atom. The second-order valence-corrected chi connectivity index (χ2v) is 10.6. The zero-order valence-electron chi connectivity index (χ0n) is 15.4. The molecule has 0 saturated heterocycles. The van der Waals surface area contributed by atoms with Gasteiger partial charge in [0.1, 0.15) is 0 Å². The van der Waals surface area contributed by atoms with Crippen molar-refractivity contribution >= 4 is 24.2 Å². The van der Waals surface area contributed by atoms with Crippen LogP contribution in [0.15, 0.2) is 141 Å². The van der Waals surface area contributed by atoms with Crippen LogP contribution < -0.4 is 0 Å². The molecular weight excluding hydrogens is 378 g/mol. The highest BCUT2D eigenvalue weighted by Gasteiger charge is 2.11. The maximum absolute atomic E-state index is 9.61. The van der Waals surface area contributed by atoms with Crippen molar-refractivity contribution in [3.8, 4) is 0 Å². The number of hydrogen-bond acceptors (Lipinski definition) is 1. The van der Waals surface area contributed by atoms with Gasteiger partial charge in [-0.2, -0.15) is 0 Å². The molecule has 138 valence electrons. The summed E-state index contributed by atoms with van der Waals surface area (Å²) in [7, 11) is -2.60. The molecule has 0 atom stereocenters. The molecule has 1 N–H and O–H groups in total. The van der Waals surface area contributed by atoms with Gasteiger partial charge >= 0.3 is 0 Å². The Kier molecular flexibility index (Phi) is 5.59. The van der Waals surface area contributed by atoms with Crippen LogP contribution in [-0.4, -0.2) is 4.31 Å². The summed E-state index contributed by atoms with van der Waals surface area (Å²) in [5.74, 6) is 0. The lowest BCUT2D eigenvalue weighted by Crippen LogP contribution is -2.01. The molecule has 0 radical (unpaired) electrons. The normalized spacial score (nSPS) is 11.2. The second-order valence-electron chi connectivity index (χ2n) is 6.25. The largest absolute Gasteiger partial charge is 0.270 e. The lowest BCUT2D eigenvalue weighted by atomic mass is 10.4. The van der Waals surface area contributed by atoms with Crippen LogP contribution in [0, 0.1) is 4.78 Å². The minimum Gasteiger partial charge on any atom is -0.270 e. The molecule has 4 aromatic carbocycles. The van der Waals surface area contributed by atoms with Crippen LogP contribution in [0.25, 0.3) is 0 Å². The van der Waals surface area contributed by atoms with E-state index < -0.39 is 19.9 Å². The van der Waals surface area contributed by atoms with Gasteiger partial charge in [0, 0.05) is 19.6 Å². The minimum atomic E-state index is -2.18. The lowest BCUT2D eigenvalue weighted by molar-refractivity contribution is 1.35. The summed E-state index contributed by atoms with van der Waals surface area (Å²) >= 11 is 0. The first-order valence-corrected chi connectivity index (χ1v) is 11.9. The van der Waals surface area contributed by atoms with Crippen molar-refractivity contribution in [3.63, 3.8) is 0 Å². The third kappa shape index (κ3) is 3.88. The Morgan fingerprint density at radius 3 is 1.18 bits per heavy atom.